The van der Waals surface area contributed by atoms with Crippen molar-refractivity contribution in [2.45, 2.75) is 40.2 Å². The van der Waals surface area contributed by atoms with E-state index in [0.29, 0.717) is 17.1 Å². The highest BCUT2D eigenvalue weighted by molar-refractivity contribution is 5.93. The molecule has 1 amide bonds. The Morgan fingerprint density at radius 1 is 1.35 bits per heavy atom. The lowest BCUT2D eigenvalue weighted by Gasteiger charge is -2.14. The van der Waals surface area contributed by atoms with Crippen LogP contribution in [0.4, 0.5) is 11.4 Å². The zero-order chi connectivity index (χ0) is 17.1. The van der Waals surface area contributed by atoms with Gasteiger partial charge in [0.2, 0.25) is 5.91 Å². The van der Waals surface area contributed by atoms with Crippen LogP contribution in [-0.4, -0.2) is 20.6 Å². The van der Waals surface area contributed by atoms with Crippen molar-refractivity contribution >= 4 is 17.3 Å². The van der Waals surface area contributed by atoms with Crippen molar-refractivity contribution < 1.29 is 9.72 Å². The van der Waals surface area contributed by atoms with Gasteiger partial charge in [0.15, 0.2) is 0 Å². The number of hydrogen-bond acceptors (Lipinski definition) is 4. The van der Waals surface area contributed by atoms with Gasteiger partial charge >= 0.3 is 5.69 Å². The maximum Gasteiger partial charge on any atom is 0.312 e. The molecule has 0 fully saturated rings. The molecular weight excluding hydrogens is 296 g/mol. The molecule has 0 spiro atoms. The fourth-order valence-electron chi connectivity index (χ4n) is 2.48. The van der Waals surface area contributed by atoms with Crippen LogP contribution in [0.1, 0.15) is 36.8 Å². The molecule has 1 N–H and O–H groups in total. The molecule has 1 aromatic carbocycles. The van der Waals surface area contributed by atoms with Gasteiger partial charge in [0.05, 0.1) is 4.92 Å². The average molecular weight is 316 g/mol. The Morgan fingerprint density at radius 3 is 2.43 bits per heavy atom. The molecule has 0 saturated heterocycles. The lowest BCUT2D eigenvalue weighted by atomic mass is 10.1. The summed E-state index contributed by atoms with van der Waals surface area (Å²) < 4.78 is 1.39. The van der Waals surface area contributed by atoms with E-state index in [1.807, 2.05) is 24.3 Å². The van der Waals surface area contributed by atoms with Gasteiger partial charge in [0.25, 0.3) is 0 Å². The first-order valence-corrected chi connectivity index (χ1v) is 7.45. The predicted octanol–water partition coefficient (Wildman–Crippen LogP) is 3.17. The molecule has 1 heterocycles. The Labute approximate surface area is 134 Å². The normalized spacial score (nSPS) is 12.0. The van der Waals surface area contributed by atoms with E-state index < -0.39 is 11.0 Å². The smallest absolute Gasteiger partial charge is 0.312 e. The molecule has 2 rings (SSSR count). The van der Waals surface area contributed by atoms with Crippen LogP contribution >= 0.6 is 0 Å². The lowest BCUT2D eigenvalue weighted by molar-refractivity contribution is -0.386. The molecular formula is C16H20N4O3. The number of amides is 1. The molecule has 0 bridgehead atoms. The molecule has 0 radical (unpaired) electrons. The lowest BCUT2D eigenvalue weighted by Crippen LogP contribution is -2.25. The van der Waals surface area contributed by atoms with Gasteiger partial charge in [-0.1, -0.05) is 19.1 Å². The van der Waals surface area contributed by atoms with Crippen molar-refractivity contribution in [1.82, 2.24) is 9.78 Å². The average Bonchev–Trinajstić information content (AvgIpc) is 2.82. The molecule has 1 aromatic heterocycles. The fraction of sp³-hybridized carbons (Fsp3) is 0.375. The van der Waals surface area contributed by atoms with Crippen LogP contribution in [0.5, 0.6) is 0 Å². The van der Waals surface area contributed by atoms with Gasteiger partial charge in [-0.05, 0) is 44.9 Å². The predicted molar refractivity (Wildman–Crippen MR) is 87.5 cm³/mol. The minimum Gasteiger partial charge on any atom is -0.324 e. The summed E-state index contributed by atoms with van der Waals surface area (Å²) in [5.41, 5.74) is 2.51. The van der Waals surface area contributed by atoms with E-state index in [1.54, 1.807) is 20.8 Å². The van der Waals surface area contributed by atoms with Gasteiger partial charge in [-0.3, -0.25) is 19.6 Å². The standard InChI is InChI=1S/C16H20N4O3/c1-5-13-6-8-14(9-7-13)17-16(21)12(4)19-11(3)15(20(22)23)10(2)18-19/h6-9,12H,5H2,1-4H3,(H,17,21)/t12-/m1/s1. The third-order valence-corrected chi connectivity index (χ3v) is 3.85. The fourth-order valence-corrected chi connectivity index (χ4v) is 2.48. The second-order valence-electron chi connectivity index (χ2n) is 5.44. The zero-order valence-electron chi connectivity index (χ0n) is 13.7. The molecule has 1 atom stereocenters. The summed E-state index contributed by atoms with van der Waals surface area (Å²) in [7, 11) is 0. The SMILES string of the molecule is CCc1ccc(NC(=O)[C@@H](C)n2nc(C)c([N+](=O)[O-])c2C)cc1. The van der Waals surface area contributed by atoms with E-state index in [1.165, 1.54) is 10.2 Å². The number of carbonyl (C=O) groups excluding carboxylic acids is 1. The molecule has 0 aliphatic carbocycles. The zero-order valence-corrected chi connectivity index (χ0v) is 13.7. The van der Waals surface area contributed by atoms with E-state index in [-0.39, 0.29) is 11.6 Å². The van der Waals surface area contributed by atoms with Gasteiger partial charge in [0, 0.05) is 5.69 Å². The molecule has 0 saturated carbocycles. The number of benzene rings is 1. The Morgan fingerprint density at radius 2 is 1.96 bits per heavy atom. The first-order valence-electron chi connectivity index (χ1n) is 7.45. The first-order chi connectivity index (χ1) is 10.8. The molecule has 23 heavy (non-hydrogen) atoms. The van der Waals surface area contributed by atoms with Crippen molar-refractivity contribution in [2.24, 2.45) is 0 Å². The molecule has 122 valence electrons. The number of nitrogens with zero attached hydrogens (tertiary/aromatic N) is 3. The maximum atomic E-state index is 12.4. The van der Waals surface area contributed by atoms with Crippen LogP contribution < -0.4 is 5.32 Å². The monoisotopic (exact) mass is 316 g/mol. The van der Waals surface area contributed by atoms with Gasteiger partial charge < -0.3 is 5.32 Å². The van der Waals surface area contributed by atoms with Gasteiger partial charge in [0.1, 0.15) is 17.4 Å². The Kier molecular flexibility index (Phi) is 4.78. The van der Waals surface area contributed by atoms with Crippen molar-refractivity contribution in [3.8, 4) is 0 Å². The quantitative estimate of drug-likeness (QED) is 0.677. The van der Waals surface area contributed by atoms with Crippen LogP contribution in [0.15, 0.2) is 24.3 Å². The number of carbonyl (C=O) groups is 1. The van der Waals surface area contributed by atoms with E-state index >= 15 is 0 Å². The van der Waals surface area contributed by atoms with Gasteiger partial charge in [-0.25, -0.2) is 0 Å². The molecule has 0 aliphatic heterocycles. The number of aryl methyl sites for hydroxylation is 2. The Balaban J connectivity index is 2.19. The number of aromatic nitrogens is 2. The van der Waals surface area contributed by atoms with E-state index in [9.17, 15) is 14.9 Å². The maximum absolute atomic E-state index is 12.4. The van der Waals surface area contributed by atoms with Crippen LogP contribution in [0.2, 0.25) is 0 Å². The number of rotatable bonds is 5. The number of anilines is 1. The second-order valence-corrected chi connectivity index (χ2v) is 5.44. The largest absolute Gasteiger partial charge is 0.324 e. The molecule has 0 aliphatic rings. The van der Waals surface area contributed by atoms with Crippen LogP contribution in [0.3, 0.4) is 0 Å². The molecule has 2 aromatic rings. The number of hydrogen-bond donors (Lipinski definition) is 1. The van der Waals surface area contributed by atoms with Crippen molar-refractivity contribution in [1.29, 1.82) is 0 Å². The third-order valence-electron chi connectivity index (χ3n) is 3.85. The summed E-state index contributed by atoms with van der Waals surface area (Å²) >= 11 is 0. The summed E-state index contributed by atoms with van der Waals surface area (Å²) in [6, 6.07) is 6.94. The molecule has 0 unspecified atom stereocenters. The van der Waals surface area contributed by atoms with Crippen LogP contribution in [0.25, 0.3) is 0 Å². The van der Waals surface area contributed by atoms with Crippen molar-refractivity contribution in [2.75, 3.05) is 5.32 Å². The summed E-state index contributed by atoms with van der Waals surface area (Å²) in [6.07, 6.45) is 0.931. The highest BCUT2D eigenvalue weighted by Gasteiger charge is 2.27. The Bertz CT molecular complexity index is 735. The highest BCUT2D eigenvalue weighted by Crippen LogP contribution is 2.25. The van der Waals surface area contributed by atoms with Gasteiger partial charge in [-0.2, -0.15) is 5.10 Å². The van der Waals surface area contributed by atoms with Crippen molar-refractivity contribution in [3.63, 3.8) is 0 Å². The summed E-state index contributed by atoms with van der Waals surface area (Å²) in [5, 5.41) is 18.0. The van der Waals surface area contributed by atoms with Crippen molar-refractivity contribution in [3.05, 3.63) is 51.3 Å². The molecule has 7 nitrogen and oxygen atoms in total. The Hall–Kier alpha value is -2.70. The minimum absolute atomic E-state index is 0.0445. The van der Waals surface area contributed by atoms with E-state index in [4.69, 9.17) is 0 Å². The van der Waals surface area contributed by atoms with E-state index in [2.05, 4.69) is 17.3 Å². The summed E-state index contributed by atoms with van der Waals surface area (Å²) in [6.45, 7) is 6.89. The van der Waals surface area contributed by atoms with Gasteiger partial charge in [-0.15, -0.1) is 0 Å². The third kappa shape index (κ3) is 3.39. The molecule has 7 heteroatoms. The summed E-state index contributed by atoms with van der Waals surface area (Å²) in [5.74, 6) is -0.269. The minimum atomic E-state index is -0.645. The number of nitro groups is 1. The van der Waals surface area contributed by atoms with Crippen LogP contribution in [0, 0.1) is 24.0 Å². The topological polar surface area (TPSA) is 90.1 Å². The first kappa shape index (κ1) is 16.7. The van der Waals surface area contributed by atoms with E-state index in [0.717, 1.165) is 6.42 Å². The summed E-state index contributed by atoms with van der Waals surface area (Å²) in [4.78, 5) is 22.9. The van der Waals surface area contributed by atoms with Crippen LogP contribution in [-0.2, 0) is 11.2 Å². The highest BCUT2D eigenvalue weighted by atomic mass is 16.6. The second kappa shape index (κ2) is 6.60. The number of nitrogens with one attached hydrogen (secondary N) is 1.